The number of aliphatic hydroxyl groups is 1. The van der Waals surface area contributed by atoms with Gasteiger partial charge in [0, 0.05) is 18.4 Å². The molecule has 2 aliphatic heterocycles. The molecule has 0 bridgehead atoms. The Morgan fingerprint density at radius 2 is 1.54 bits per heavy atom. The van der Waals surface area contributed by atoms with Gasteiger partial charge in [-0.3, -0.25) is 14.4 Å². The number of imidazole rings is 2. The lowest BCUT2D eigenvalue weighted by molar-refractivity contribution is -0.140. The van der Waals surface area contributed by atoms with Gasteiger partial charge in [-0.15, -0.1) is 0 Å². The topological polar surface area (TPSA) is 186 Å². The van der Waals surface area contributed by atoms with Crippen molar-refractivity contribution in [2.24, 2.45) is 11.8 Å². The zero-order valence-electron chi connectivity index (χ0n) is 35.5. The minimum absolute atomic E-state index is 0.174. The Bertz CT molecular complexity index is 2450. The second-order valence-corrected chi connectivity index (χ2v) is 23.0. The molecular weight excluding hydrogens is 803 g/mol. The lowest BCUT2D eigenvalue weighted by Crippen LogP contribution is -2.56. The van der Waals surface area contributed by atoms with Gasteiger partial charge < -0.3 is 40.2 Å². The third-order valence-electron chi connectivity index (χ3n) is 12.0. The molecule has 4 amide bonds. The number of carbonyl (C=O) groups excluding carboxylic acids is 4. The molecule has 4 heterocycles. The molecule has 3 unspecified atom stereocenters. The minimum atomic E-state index is -3.14. The number of hydrogen-bond acceptors (Lipinski definition) is 8. The maximum Gasteiger partial charge on any atom is 0.407 e. The van der Waals surface area contributed by atoms with Gasteiger partial charge in [-0.1, -0.05) is 83.3 Å². The number of halogens is 2. The molecule has 4 atom stereocenters. The number of rotatable bonds is 11. The Kier molecular flexibility index (Phi) is 12.1. The number of aliphatic hydroxyl groups excluding tert-OH is 1. The number of ether oxygens (including phenoxy) is 1. The van der Waals surface area contributed by atoms with E-state index in [1.165, 1.54) is 7.11 Å². The van der Waals surface area contributed by atoms with E-state index in [-0.39, 0.29) is 29.6 Å². The van der Waals surface area contributed by atoms with E-state index < -0.39 is 69.6 Å². The number of likely N-dealkylation sites (tertiary alicyclic amines) is 1. The van der Waals surface area contributed by atoms with Crippen LogP contribution in [0.25, 0.3) is 44.2 Å². The summed E-state index contributed by atoms with van der Waals surface area (Å²) < 4.78 is 34.4. The Morgan fingerprint density at radius 3 is 2.21 bits per heavy atom. The van der Waals surface area contributed by atoms with Crippen molar-refractivity contribution < 1.29 is 37.8 Å². The largest absolute Gasteiger partial charge is 0.453 e. The van der Waals surface area contributed by atoms with E-state index >= 15 is 0 Å². The van der Waals surface area contributed by atoms with Gasteiger partial charge in [0.2, 0.25) is 17.7 Å². The third-order valence-corrected chi connectivity index (χ3v) is 15.1. The summed E-state index contributed by atoms with van der Waals surface area (Å²) in [7, 11) is -0.499. The number of aromatic amines is 2. The quantitative estimate of drug-likeness (QED) is 0.0900. The molecule has 2 fully saturated rings. The Morgan fingerprint density at radius 1 is 0.885 bits per heavy atom. The molecule has 2 aromatic heterocycles. The normalized spacial score (nSPS) is 19.7. The van der Waals surface area contributed by atoms with Crippen molar-refractivity contribution in [1.29, 1.82) is 0 Å². The van der Waals surface area contributed by atoms with Crippen molar-refractivity contribution in [1.82, 2.24) is 40.4 Å². The number of nitrogens with one attached hydrogen (secondary N) is 4. The fraction of sp³-hybridized carbons (Fsp3) is 0.455. The molecule has 0 radical (unpaired) electrons. The SMILES string of the molecule is COC(=O)NC(C(=O)N1CC(F)(F)CC1c1ncc(-c2ccc(-c3ccc4c(ccc5nc([C@@H]6C[Si](C)(C)CCN6C(=O)C(NC(=O)CO)C(C)C)[nH]c54)c3)cc2)[nH]1)C(C)C. The number of methoxy groups -OCH3 is 1. The van der Waals surface area contributed by atoms with Crippen LogP contribution in [0.4, 0.5) is 13.6 Å². The minimum Gasteiger partial charge on any atom is -0.453 e. The number of benzene rings is 3. The van der Waals surface area contributed by atoms with Crippen molar-refractivity contribution >= 4 is 53.7 Å². The molecular formula is C44H54F2N8O6Si. The van der Waals surface area contributed by atoms with Crippen LogP contribution in [0.15, 0.2) is 60.8 Å². The number of fused-ring (bicyclic) bond motifs is 3. The Balaban J connectivity index is 1.11. The first-order valence-electron chi connectivity index (χ1n) is 20.7. The summed E-state index contributed by atoms with van der Waals surface area (Å²) >= 11 is 0. The summed E-state index contributed by atoms with van der Waals surface area (Å²) in [5.74, 6) is -4.14. The highest BCUT2D eigenvalue weighted by atomic mass is 28.3. The van der Waals surface area contributed by atoms with Crippen LogP contribution in [-0.2, 0) is 19.1 Å². The van der Waals surface area contributed by atoms with Crippen molar-refractivity contribution in [3.05, 3.63) is 72.4 Å². The fourth-order valence-corrected chi connectivity index (χ4v) is 11.1. The van der Waals surface area contributed by atoms with Gasteiger partial charge in [0.05, 0.1) is 56.7 Å². The highest BCUT2D eigenvalue weighted by Crippen LogP contribution is 2.42. The molecule has 3 aromatic carbocycles. The lowest BCUT2D eigenvalue weighted by atomic mass is 9.99. The van der Waals surface area contributed by atoms with Gasteiger partial charge >= 0.3 is 6.09 Å². The van der Waals surface area contributed by atoms with Crippen LogP contribution in [0, 0.1) is 11.8 Å². The summed E-state index contributed by atoms with van der Waals surface area (Å²) in [5.41, 5.74) is 4.98. The molecule has 5 N–H and O–H groups in total. The van der Waals surface area contributed by atoms with Crippen molar-refractivity contribution in [3.8, 4) is 22.4 Å². The second kappa shape index (κ2) is 17.0. The van der Waals surface area contributed by atoms with Gasteiger partial charge in [0.15, 0.2) is 0 Å². The standard InChI is InChI=1S/C44H54F2N8O6Si/c1-24(2)36(50-35(56)21-55)41(57)53-16-17-61(6,7)22-34(53)40-48-31-15-13-29-18-28(12-14-30(29)38(31)51-40)26-8-10-27(11-9-26)32-20-47-39(49-32)33-19-44(45,46)23-54(33)42(58)37(25(3)4)52-43(59)60-5/h8-15,18,20,24-25,33-34,36-37,55H,16-17,19,21-23H2,1-7H3,(H,47,49)(H,48,51)(H,50,56)(H,52,59)/t33?,34-,36?,37?/m0/s1. The van der Waals surface area contributed by atoms with E-state index in [1.807, 2.05) is 61.2 Å². The summed E-state index contributed by atoms with van der Waals surface area (Å²) in [6, 6.07) is 16.6. The first kappa shape index (κ1) is 43.4. The molecule has 0 aliphatic carbocycles. The number of amides is 4. The summed E-state index contributed by atoms with van der Waals surface area (Å²) in [6.45, 7) is 10.9. The number of hydrogen-bond donors (Lipinski definition) is 5. The zero-order valence-corrected chi connectivity index (χ0v) is 36.5. The highest BCUT2D eigenvalue weighted by Gasteiger charge is 2.50. The van der Waals surface area contributed by atoms with Crippen LogP contribution in [-0.4, -0.2) is 112 Å². The van der Waals surface area contributed by atoms with Gasteiger partial charge in [0.25, 0.3) is 5.92 Å². The average Bonchev–Trinajstić information content (AvgIpc) is 3.98. The monoisotopic (exact) mass is 856 g/mol. The summed E-state index contributed by atoms with van der Waals surface area (Å²) in [5, 5.41) is 16.6. The van der Waals surface area contributed by atoms with Crippen molar-refractivity contribution in [2.45, 2.75) is 89.4 Å². The van der Waals surface area contributed by atoms with Crippen molar-refractivity contribution in [3.63, 3.8) is 0 Å². The summed E-state index contributed by atoms with van der Waals surface area (Å²) in [6.07, 6.45) is 0.144. The van der Waals surface area contributed by atoms with E-state index in [4.69, 9.17) is 4.98 Å². The zero-order chi connectivity index (χ0) is 44.0. The molecule has 14 nitrogen and oxygen atoms in total. The number of alkyl carbamates (subject to hydrolysis) is 1. The van der Waals surface area contributed by atoms with E-state index in [1.54, 1.807) is 20.0 Å². The molecule has 324 valence electrons. The van der Waals surface area contributed by atoms with Gasteiger partial charge in [0.1, 0.15) is 30.3 Å². The van der Waals surface area contributed by atoms with Crippen LogP contribution in [0.1, 0.15) is 57.8 Å². The predicted molar refractivity (Wildman–Crippen MR) is 230 cm³/mol. The molecule has 61 heavy (non-hydrogen) atoms. The molecule has 17 heteroatoms. The second-order valence-electron chi connectivity index (χ2n) is 17.8. The molecule has 2 saturated heterocycles. The van der Waals surface area contributed by atoms with E-state index in [0.717, 1.165) is 55.5 Å². The number of carbonyl (C=O) groups is 4. The maximum atomic E-state index is 14.8. The van der Waals surface area contributed by atoms with Crippen molar-refractivity contribution in [2.75, 3.05) is 26.8 Å². The van der Waals surface area contributed by atoms with Gasteiger partial charge in [-0.2, -0.15) is 0 Å². The Hall–Kier alpha value is -5.68. The molecule has 5 aromatic rings. The smallest absolute Gasteiger partial charge is 0.407 e. The molecule has 0 saturated carbocycles. The first-order valence-corrected chi connectivity index (χ1v) is 24.1. The van der Waals surface area contributed by atoms with Crippen LogP contribution in [0.5, 0.6) is 0 Å². The number of alkyl halides is 2. The number of H-pyrrole nitrogens is 2. The fourth-order valence-electron chi connectivity index (χ4n) is 8.57. The Labute approximate surface area is 353 Å². The van der Waals surface area contributed by atoms with Crippen LogP contribution in [0.2, 0.25) is 25.2 Å². The van der Waals surface area contributed by atoms with Gasteiger partial charge in [-0.25, -0.2) is 23.5 Å². The molecule has 7 rings (SSSR count). The maximum absolute atomic E-state index is 14.8. The van der Waals surface area contributed by atoms with Crippen LogP contribution >= 0.6 is 0 Å². The number of nitrogens with zero attached hydrogens (tertiary/aromatic N) is 4. The first-order chi connectivity index (χ1) is 28.9. The summed E-state index contributed by atoms with van der Waals surface area (Å²) in [4.78, 5) is 70.8. The van der Waals surface area contributed by atoms with Crippen LogP contribution in [0.3, 0.4) is 0 Å². The molecule has 0 spiro atoms. The lowest BCUT2D eigenvalue weighted by Gasteiger charge is -2.43. The highest BCUT2D eigenvalue weighted by molar-refractivity contribution is 6.77. The van der Waals surface area contributed by atoms with E-state index in [9.17, 15) is 33.1 Å². The third kappa shape index (κ3) is 9.03. The predicted octanol–water partition coefficient (Wildman–Crippen LogP) is 6.79. The number of aromatic nitrogens is 4. The van der Waals surface area contributed by atoms with Crippen LogP contribution < -0.4 is 10.6 Å². The molecule has 2 aliphatic rings. The average molecular weight is 857 g/mol. The van der Waals surface area contributed by atoms with E-state index in [0.29, 0.717) is 18.1 Å². The van der Waals surface area contributed by atoms with E-state index in [2.05, 4.69) is 55.5 Å². The van der Waals surface area contributed by atoms with Gasteiger partial charge in [-0.05, 0) is 58.1 Å².